The molecule has 0 aliphatic heterocycles. The van der Waals surface area contributed by atoms with Gasteiger partial charge in [-0.1, -0.05) is 19.3 Å². The molecule has 0 spiro atoms. The number of aliphatic carboxylic acids is 1. The average Bonchev–Trinajstić information content (AvgIpc) is 2.28. The predicted octanol–water partition coefficient (Wildman–Crippen LogP) is 2.34. The highest BCUT2D eigenvalue weighted by Gasteiger charge is 2.35. The van der Waals surface area contributed by atoms with E-state index in [4.69, 9.17) is 0 Å². The Hall–Kier alpha value is -0.610. The number of nitrogens with one attached hydrogen (secondary N) is 1. The molecule has 0 radical (unpaired) electrons. The SMILES string of the molecule is CC(C)NC(C)(CN(C)CC1CCCCC1)C(=O)O. The smallest absolute Gasteiger partial charge is 0.324 e. The molecule has 1 unspecified atom stereocenters. The molecule has 1 atom stereocenters. The van der Waals surface area contributed by atoms with E-state index in [1.165, 1.54) is 32.1 Å². The molecule has 0 aromatic heterocycles. The molecule has 1 rings (SSSR count). The molecule has 0 saturated heterocycles. The summed E-state index contributed by atoms with van der Waals surface area (Å²) in [6.07, 6.45) is 6.62. The number of likely N-dealkylation sites (N-methyl/N-ethyl adjacent to an activating group) is 1. The van der Waals surface area contributed by atoms with Crippen molar-refractivity contribution in [2.75, 3.05) is 20.1 Å². The molecule has 1 aliphatic rings. The second-order valence-electron chi connectivity index (χ2n) is 6.64. The molecule has 0 amide bonds. The standard InChI is InChI=1S/C15H30N2O2/c1-12(2)16-15(3,14(18)19)11-17(4)10-13-8-6-5-7-9-13/h12-13,16H,5-11H2,1-4H3,(H,18,19). The Balaban J connectivity index is 2.50. The minimum Gasteiger partial charge on any atom is -0.480 e. The molecule has 1 saturated carbocycles. The van der Waals surface area contributed by atoms with Crippen LogP contribution in [-0.4, -0.2) is 47.7 Å². The van der Waals surface area contributed by atoms with Gasteiger partial charge in [0.05, 0.1) is 0 Å². The topological polar surface area (TPSA) is 52.6 Å². The Morgan fingerprint density at radius 1 is 1.37 bits per heavy atom. The van der Waals surface area contributed by atoms with E-state index in [1.54, 1.807) is 6.92 Å². The van der Waals surface area contributed by atoms with Crippen LogP contribution in [0.4, 0.5) is 0 Å². The van der Waals surface area contributed by atoms with Crippen LogP contribution in [0.3, 0.4) is 0 Å². The van der Waals surface area contributed by atoms with Crippen molar-refractivity contribution in [1.82, 2.24) is 10.2 Å². The summed E-state index contributed by atoms with van der Waals surface area (Å²) in [5.41, 5.74) is -0.864. The van der Waals surface area contributed by atoms with Gasteiger partial charge in [0, 0.05) is 19.1 Å². The lowest BCUT2D eigenvalue weighted by molar-refractivity contribution is -0.145. The first kappa shape index (κ1) is 16.4. The molecule has 19 heavy (non-hydrogen) atoms. The lowest BCUT2D eigenvalue weighted by Crippen LogP contribution is -2.58. The summed E-state index contributed by atoms with van der Waals surface area (Å²) in [5.74, 6) is -0.0208. The van der Waals surface area contributed by atoms with Gasteiger partial charge in [0.15, 0.2) is 0 Å². The zero-order chi connectivity index (χ0) is 14.5. The second kappa shape index (κ2) is 7.25. The van der Waals surface area contributed by atoms with E-state index in [0.29, 0.717) is 6.54 Å². The Morgan fingerprint density at radius 3 is 2.42 bits per heavy atom. The predicted molar refractivity (Wildman–Crippen MR) is 78.4 cm³/mol. The molecule has 0 bridgehead atoms. The van der Waals surface area contributed by atoms with E-state index >= 15 is 0 Å². The number of carboxylic acids is 1. The van der Waals surface area contributed by atoms with E-state index in [1.807, 2.05) is 20.9 Å². The highest BCUT2D eigenvalue weighted by Crippen LogP contribution is 2.24. The van der Waals surface area contributed by atoms with Crippen molar-refractivity contribution in [2.24, 2.45) is 5.92 Å². The summed E-state index contributed by atoms with van der Waals surface area (Å²) in [7, 11) is 2.04. The van der Waals surface area contributed by atoms with Gasteiger partial charge in [-0.15, -0.1) is 0 Å². The largest absolute Gasteiger partial charge is 0.480 e. The van der Waals surface area contributed by atoms with Gasteiger partial charge < -0.3 is 10.0 Å². The first-order valence-electron chi connectivity index (χ1n) is 7.53. The highest BCUT2D eigenvalue weighted by molar-refractivity contribution is 5.78. The van der Waals surface area contributed by atoms with Crippen LogP contribution < -0.4 is 5.32 Å². The Morgan fingerprint density at radius 2 is 1.95 bits per heavy atom. The molecule has 4 heteroatoms. The fourth-order valence-corrected chi connectivity index (χ4v) is 3.23. The van der Waals surface area contributed by atoms with Gasteiger partial charge in [-0.05, 0) is 46.6 Å². The maximum Gasteiger partial charge on any atom is 0.324 e. The quantitative estimate of drug-likeness (QED) is 0.745. The van der Waals surface area contributed by atoms with Crippen molar-refractivity contribution in [3.8, 4) is 0 Å². The lowest BCUT2D eigenvalue weighted by Gasteiger charge is -2.35. The third-order valence-electron chi connectivity index (χ3n) is 3.96. The molecular weight excluding hydrogens is 240 g/mol. The minimum atomic E-state index is -0.864. The highest BCUT2D eigenvalue weighted by atomic mass is 16.4. The zero-order valence-electron chi connectivity index (χ0n) is 12.9. The third kappa shape index (κ3) is 5.49. The van der Waals surface area contributed by atoms with Gasteiger partial charge >= 0.3 is 5.97 Å². The number of nitrogens with zero attached hydrogens (tertiary/aromatic N) is 1. The third-order valence-corrected chi connectivity index (χ3v) is 3.96. The van der Waals surface area contributed by atoms with Crippen LogP contribution in [0.1, 0.15) is 52.9 Å². The van der Waals surface area contributed by atoms with Crippen molar-refractivity contribution in [3.63, 3.8) is 0 Å². The van der Waals surface area contributed by atoms with Gasteiger partial charge in [-0.2, -0.15) is 0 Å². The number of rotatable bonds is 7. The van der Waals surface area contributed by atoms with Crippen LogP contribution in [0.5, 0.6) is 0 Å². The van der Waals surface area contributed by atoms with Crippen LogP contribution in [0.2, 0.25) is 0 Å². The van der Waals surface area contributed by atoms with E-state index in [0.717, 1.165) is 12.5 Å². The molecule has 2 N–H and O–H groups in total. The summed E-state index contributed by atoms with van der Waals surface area (Å²) in [6.45, 7) is 7.33. The van der Waals surface area contributed by atoms with Crippen LogP contribution in [0.15, 0.2) is 0 Å². The normalized spacial score (nSPS) is 20.7. The first-order chi connectivity index (χ1) is 8.83. The number of hydrogen-bond donors (Lipinski definition) is 2. The molecule has 112 valence electrons. The van der Waals surface area contributed by atoms with Crippen LogP contribution in [0.25, 0.3) is 0 Å². The van der Waals surface area contributed by atoms with E-state index in [9.17, 15) is 9.90 Å². The fraction of sp³-hybridized carbons (Fsp3) is 0.933. The van der Waals surface area contributed by atoms with Gasteiger partial charge in [-0.3, -0.25) is 10.1 Å². The summed E-state index contributed by atoms with van der Waals surface area (Å²) < 4.78 is 0. The molecule has 4 nitrogen and oxygen atoms in total. The monoisotopic (exact) mass is 270 g/mol. The summed E-state index contributed by atoms with van der Waals surface area (Å²) >= 11 is 0. The van der Waals surface area contributed by atoms with Crippen LogP contribution >= 0.6 is 0 Å². The maximum atomic E-state index is 11.5. The van der Waals surface area contributed by atoms with Crippen molar-refractivity contribution in [3.05, 3.63) is 0 Å². The minimum absolute atomic E-state index is 0.171. The number of carbonyl (C=O) groups is 1. The van der Waals surface area contributed by atoms with Crippen molar-refractivity contribution in [1.29, 1.82) is 0 Å². The second-order valence-corrected chi connectivity index (χ2v) is 6.64. The van der Waals surface area contributed by atoms with Crippen molar-refractivity contribution < 1.29 is 9.90 Å². The lowest BCUT2D eigenvalue weighted by atomic mass is 9.88. The van der Waals surface area contributed by atoms with Gasteiger partial charge in [0.25, 0.3) is 0 Å². The molecule has 0 heterocycles. The number of carboxylic acid groups (broad SMARTS) is 1. The van der Waals surface area contributed by atoms with Gasteiger partial charge in [0.1, 0.15) is 5.54 Å². The van der Waals surface area contributed by atoms with Gasteiger partial charge in [-0.25, -0.2) is 0 Å². The Kier molecular flexibility index (Phi) is 6.27. The molecular formula is C15H30N2O2. The first-order valence-corrected chi connectivity index (χ1v) is 7.53. The maximum absolute atomic E-state index is 11.5. The summed E-state index contributed by atoms with van der Waals surface area (Å²) in [5, 5.41) is 12.6. The van der Waals surface area contributed by atoms with Crippen molar-refractivity contribution in [2.45, 2.75) is 64.5 Å². The molecule has 0 aromatic carbocycles. The van der Waals surface area contributed by atoms with Crippen LogP contribution in [0, 0.1) is 5.92 Å². The fourth-order valence-electron chi connectivity index (χ4n) is 3.23. The summed E-state index contributed by atoms with van der Waals surface area (Å²) in [6, 6.07) is 0.171. The van der Waals surface area contributed by atoms with Crippen LogP contribution in [-0.2, 0) is 4.79 Å². The van der Waals surface area contributed by atoms with Gasteiger partial charge in [0.2, 0.25) is 0 Å². The van der Waals surface area contributed by atoms with E-state index in [2.05, 4.69) is 10.2 Å². The summed E-state index contributed by atoms with van der Waals surface area (Å²) in [4.78, 5) is 13.7. The number of hydrogen-bond acceptors (Lipinski definition) is 3. The average molecular weight is 270 g/mol. The Bertz CT molecular complexity index is 288. The zero-order valence-corrected chi connectivity index (χ0v) is 12.9. The molecule has 1 aliphatic carbocycles. The molecule has 1 fully saturated rings. The molecule has 0 aromatic rings. The van der Waals surface area contributed by atoms with Crippen molar-refractivity contribution >= 4 is 5.97 Å². The van der Waals surface area contributed by atoms with E-state index in [-0.39, 0.29) is 6.04 Å². The van der Waals surface area contributed by atoms with E-state index < -0.39 is 11.5 Å². The Labute approximate surface area is 117 Å².